The molecule has 1 aromatic rings. The molecule has 4 nitrogen and oxygen atoms in total. The second-order valence-corrected chi connectivity index (χ2v) is 5.38. The van der Waals surface area contributed by atoms with Crippen LogP contribution in [-0.4, -0.2) is 31.2 Å². The second kappa shape index (κ2) is 4.85. The molecular formula is C15H20N2O2. The van der Waals surface area contributed by atoms with Gasteiger partial charge in [0.05, 0.1) is 12.2 Å². The zero-order valence-corrected chi connectivity index (χ0v) is 11.3. The number of hydrogen-bond donors (Lipinski definition) is 2. The molecule has 0 bridgehead atoms. The molecule has 3 rings (SSSR count). The van der Waals surface area contributed by atoms with Crippen LogP contribution in [0.25, 0.3) is 0 Å². The molecule has 0 unspecified atom stereocenters. The van der Waals surface area contributed by atoms with Crippen molar-refractivity contribution in [3.8, 4) is 0 Å². The van der Waals surface area contributed by atoms with Gasteiger partial charge in [0.2, 0.25) is 0 Å². The summed E-state index contributed by atoms with van der Waals surface area (Å²) >= 11 is 0. The van der Waals surface area contributed by atoms with Crippen LogP contribution in [0.1, 0.15) is 35.7 Å². The van der Waals surface area contributed by atoms with Gasteiger partial charge in [0.15, 0.2) is 0 Å². The van der Waals surface area contributed by atoms with Crippen LogP contribution in [0.2, 0.25) is 0 Å². The number of carbonyl (C=O) groups excluding carboxylic acids is 1. The standard InChI is InChI=1S/C15H20N2O2/c1-2-19-14(18)11-4-3-5-13-12(11)10-15(17-13)6-8-16-9-7-15/h3-5,16-17H,2,6-10H2,1H3. The lowest BCUT2D eigenvalue weighted by atomic mass is 9.85. The van der Waals surface area contributed by atoms with E-state index in [1.807, 2.05) is 19.1 Å². The van der Waals surface area contributed by atoms with E-state index in [2.05, 4.69) is 16.7 Å². The predicted molar refractivity (Wildman–Crippen MR) is 74.6 cm³/mol. The van der Waals surface area contributed by atoms with Crippen molar-refractivity contribution in [2.45, 2.75) is 31.7 Å². The molecule has 2 N–H and O–H groups in total. The minimum atomic E-state index is -0.202. The zero-order valence-electron chi connectivity index (χ0n) is 11.3. The van der Waals surface area contributed by atoms with Crippen molar-refractivity contribution in [3.63, 3.8) is 0 Å². The maximum Gasteiger partial charge on any atom is 0.338 e. The Morgan fingerprint density at radius 1 is 1.37 bits per heavy atom. The van der Waals surface area contributed by atoms with E-state index in [1.54, 1.807) is 0 Å². The molecule has 0 amide bonds. The highest BCUT2D eigenvalue weighted by molar-refractivity contribution is 5.93. The molecule has 0 radical (unpaired) electrons. The average Bonchev–Trinajstić information content (AvgIpc) is 2.76. The molecule has 1 aromatic carbocycles. The summed E-state index contributed by atoms with van der Waals surface area (Å²) in [6.07, 6.45) is 3.13. The van der Waals surface area contributed by atoms with E-state index in [4.69, 9.17) is 4.74 Å². The first kappa shape index (κ1) is 12.5. The monoisotopic (exact) mass is 260 g/mol. The Morgan fingerprint density at radius 2 is 2.16 bits per heavy atom. The summed E-state index contributed by atoms with van der Waals surface area (Å²) in [5.41, 5.74) is 3.09. The highest BCUT2D eigenvalue weighted by Gasteiger charge is 2.39. The lowest BCUT2D eigenvalue weighted by Gasteiger charge is -2.34. The van der Waals surface area contributed by atoms with E-state index in [-0.39, 0.29) is 11.5 Å². The lowest BCUT2D eigenvalue weighted by molar-refractivity contribution is 0.0525. The van der Waals surface area contributed by atoms with Gasteiger partial charge in [-0.1, -0.05) is 6.07 Å². The number of hydrogen-bond acceptors (Lipinski definition) is 4. The maximum absolute atomic E-state index is 12.0. The van der Waals surface area contributed by atoms with Gasteiger partial charge in [-0.05, 0) is 57.0 Å². The van der Waals surface area contributed by atoms with Crippen molar-refractivity contribution in [3.05, 3.63) is 29.3 Å². The molecule has 0 atom stereocenters. The molecule has 0 saturated carbocycles. The molecule has 0 aliphatic carbocycles. The molecule has 1 spiro atoms. The normalized spacial score (nSPS) is 19.8. The van der Waals surface area contributed by atoms with Crippen LogP contribution in [0, 0.1) is 0 Å². The van der Waals surface area contributed by atoms with Gasteiger partial charge in [0.25, 0.3) is 0 Å². The molecule has 102 valence electrons. The van der Waals surface area contributed by atoms with Crippen molar-refractivity contribution in [1.29, 1.82) is 0 Å². The van der Waals surface area contributed by atoms with Crippen molar-refractivity contribution in [2.24, 2.45) is 0 Å². The number of esters is 1. The summed E-state index contributed by atoms with van der Waals surface area (Å²) in [6, 6.07) is 5.87. The average molecular weight is 260 g/mol. The number of benzene rings is 1. The molecule has 2 aliphatic rings. The van der Waals surface area contributed by atoms with Gasteiger partial charge in [-0.15, -0.1) is 0 Å². The summed E-state index contributed by atoms with van der Waals surface area (Å²) < 4.78 is 5.15. The van der Waals surface area contributed by atoms with Crippen LogP contribution in [0.5, 0.6) is 0 Å². The van der Waals surface area contributed by atoms with Crippen LogP contribution < -0.4 is 10.6 Å². The van der Waals surface area contributed by atoms with Crippen LogP contribution in [0.3, 0.4) is 0 Å². The Bertz CT molecular complexity index is 493. The third-order valence-corrected chi connectivity index (χ3v) is 4.15. The van der Waals surface area contributed by atoms with Gasteiger partial charge >= 0.3 is 5.97 Å². The van der Waals surface area contributed by atoms with Gasteiger partial charge in [-0.2, -0.15) is 0 Å². The molecule has 1 fully saturated rings. The highest BCUT2D eigenvalue weighted by atomic mass is 16.5. The molecule has 2 heterocycles. The number of nitrogens with one attached hydrogen (secondary N) is 2. The Kier molecular flexibility index (Phi) is 3.19. The Labute approximate surface area is 113 Å². The largest absolute Gasteiger partial charge is 0.462 e. The minimum Gasteiger partial charge on any atom is -0.462 e. The van der Waals surface area contributed by atoms with Crippen molar-refractivity contribution >= 4 is 11.7 Å². The van der Waals surface area contributed by atoms with E-state index in [0.717, 1.165) is 49.2 Å². The summed E-state index contributed by atoms with van der Waals surface area (Å²) in [5, 5.41) is 7.03. The Balaban J connectivity index is 1.90. The van der Waals surface area contributed by atoms with Gasteiger partial charge in [0.1, 0.15) is 0 Å². The maximum atomic E-state index is 12.0. The van der Waals surface area contributed by atoms with Crippen molar-refractivity contribution in [2.75, 3.05) is 25.0 Å². The van der Waals surface area contributed by atoms with Crippen LogP contribution in [-0.2, 0) is 11.2 Å². The van der Waals surface area contributed by atoms with Crippen molar-refractivity contribution < 1.29 is 9.53 Å². The Morgan fingerprint density at radius 3 is 2.89 bits per heavy atom. The van der Waals surface area contributed by atoms with Gasteiger partial charge in [-0.3, -0.25) is 0 Å². The molecule has 2 aliphatic heterocycles. The SMILES string of the molecule is CCOC(=O)c1cccc2c1CC1(CCNCC1)N2. The third kappa shape index (κ3) is 2.21. The van der Waals surface area contributed by atoms with E-state index in [1.165, 1.54) is 0 Å². The summed E-state index contributed by atoms with van der Waals surface area (Å²) in [5.74, 6) is -0.202. The van der Waals surface area contributed by atoms with E-state index in [0.29, 0.717) is 6.61 Å². The number of rotatable bonds is 2. The van der Waals surface area contributed by atoms with Crippen LogP contribution in [0.15, 0.2) is 18.2 Å². The van der Waals surface area contributed by atoms with Crippen LogP contribution >= 0.6 is 0 Å². The smallest absolute Gasteiger partial charge is 0.338 e. The van der Waals surface area contributed by atoms with E-state index in [9.17, 15) is 4.79 Å². The fraction of sp³-hybridized carbons (Fsp3) is 0.533. The number of fused-ring (bicyclic) bond motifs is 1. The van der Waals surface area contributed by atoms with Gasteiger partial charge in [-0.25, -0.2) is 4.79 Å². The number of anilines is 1. The van der Waals surface area contributed by atoms with Gasteiger partial charge < -0.3 is 15.4 Å². The zero-order chi connectivity index (χ0) is 13.3. The third-order valence-electron chi connectivity index (χ3n) is 4.15. The fourth-order valence-corrected chi connectivity index (χ4v) is 3.17. The first-order chi connectivity index (χ1) is 9.24. The number of piperidine rings is 1. The van der Waals surface area contributed by atoms with Crippen LogP contribution in [0.4, 0.5) is 5.69 Å². The highest BCUT2D eigenvalue weighted by Crippen LogP contribution is 2.39. The quantitative estimate of drug-likeness (QED) is 0.798. The summed E-state index contributed by atoms with van der Waals surface area (Å²) in [6.45, 7) is 4.34. The van der Waals surface area contributed by atoms with Gasteiger partial charge in [0, 0.05) is 11.2 Å². The Hall–Kier alpha value is -1.55. The molecule has 4 heteroatoms. The number of carbonyl (C=O) groups is 1. The molecular weight excluding hydrogens is 240 g/mol. The number of ether oxygens (including phenoxy) is 1. The van der Waals surface area contributed by atoms with E-state index < -0.39 is 0 Å². The predicted octanol–water partition coefficient (Wildman–Crippen LogP) is 1.95. The molecule has 0 aromatic heterocycles. The lowest BCUT2D eigenvalue weighted by Crippen LogP contribution is -2.46. The topological polar surface area (TPSA) is 50.4 Å². The molecule has 1 saturated heterocycles. The summed E-state index contributed by atoms with van der Waals surface area (Å²) in [7, 11) is 0. The second-order valence-electron chi connectivity index (χ2n) is 5.38. The minimum absolute atomic E-state index is 0.135. The van der Waals surface area contributed by atoms with E-state index >= 15 is 0 Å². The molecule has 19 heavy (non-hydrogen) atoms. The fourth-order valence-electron chi connectivity index (χ4n) is 3.17. The first-order valence-electron chi connectivity index (χ1n) is 7.02. The first-order valence-corrected chi connectivity index (χ1v) is 7.02. The summed E-state index contributed by atoms with van der Waals surface area (Å²) in [4.78, 5) is 12.0. The van der Waals surface area contributed by atoms with Crippen molar-refractivity contribution in [1.82, 2.24) is 5.32 Å².